The number of hydrogen-bond donors (Lipinski definition) is 3. The number of nitrogens with one attached hydrogen (secondary N) is 2. The second-order valence-corrected chi connectivity index (χ2v) is 5.08. The van der Waals surface area contributed by atoms with E-state index in [0.717, 1.165) is 6.21 Å². The highest BCUT2D eigenvalue weighted by Crippen LogP contribution is 2.28. The smallest absolute Gasteiger partial charge is 0.149 e. The average molecular weight is 364 g/mol. The maximum Gasteiger partial charge on any atom is 0.149 e. The first-order valence-corrected chi connectivity index (χ1v) is 8.90. The molecule has 90 valence electrons. The fourth-order valence-corrected chi connectivity index (χ4v) is 2.40. The lowest BCUT2D eigenvalue weighted by Crippen LogP contribution is -1.97. The summed E-state index contributed by atoms with van der Waals surface area (Å²) in [4.78, 5) is 0. The second-order valence-electron chi connectivity index (χ2n) is 3.03. The zero-order chi connectivity index (χ0) is 12.7. The minimum absolute atomic E-state index is 0.0400. The van der Waals surface area contributed by atoms with E-state index < -0.39 is 5.82 Å². The van der Waals surface area contributed by atoms with Gasteiger partial charge in [-0.1, -0.05) is 11.8 Å². The van der Waals surface area contributed by atoms with E-state index in [-0.39, 0.29) is 17.7 Å². The molecule has 3 N–H and O–H groups in total. The van der Waals surface area contributed by atoms with Crippen molar-refractivity contribution >= 4 is 40.3 Å². The molecule has 6 heteroatoms. The van der Waals surface area contributed by atoms with Crippen LogP contribution in [0.25, 0.3) is 0 Å². The number of benzene rings is 1. The van der Waals surface area contributed by atoms with E-state index in [1.165, 1.54) is 0 Å². The number of anilines is 1. The standard InChI is InChI=1S/C11H11FIN2OP/c12-11-8(3-1-2-6-16)4-5-10(15-17-13)9(11)7-14/h4-5,7,14-17H,2,6H2. The molecule has 1 unspecified atom stereocenters. The number of halogens is 2. The molecule has 0 saturated carbocycles. The van der Waals surface area contributed by atoms with E-state index in [1.807, 2.05) is 0 Å². The topological polar surface area (TPSA) is 56.1 Å². The highest BCUT2D eigenvalue weighted by atomic mass is 127. The van der Waals surface area contributed by atoms with E-state index >= 15 is 0 Å². The highest BCUT2D eigenvalue weighted by Gasteiger charge is 2.09. The Labute approximate surface area is 114 Å². The predicted octanol–water partition coefficient (Wildman–Crippen LogP) is 2.91. The molecule has 0 aliphatic rings. The van der Waals surface area contributed by atoms with Crippen LogP contribution in [-0.4, -0.2) is 17.9 Å². The maximum absolute atomic E-state index is 13.9. The second kappa shape index (κ2) is 7.59. The molecule has 0 aliphatic heterocycles. The van der Waals surface area contributed by atoms with Crippen LogP contribution in [-0.2, 0) is 0 Å². The van der Waals surface area contributed by atoms with Crippen LogP contribution in [0.3, 0.4) is 0 Å². The van der Waals surface area contributed by atoms with Gasteiger partial charge in [0.1, 0.15) is 5.82 Å². The van der Waals surface area contributed by atoms with Crippen LogP contribution in [0.1, 0.15) is 17.5 Å². The van der Waals surface area contributed by atoms with Crippen LogP contribution in [0.2, 0.25) is 0 Å². The Bertz CT molecular complexity index is 471. The molecule has 1 rings (SSSR count). The van der Waals surface area contributed by atoms with Gasteiger partial charge in [-0.2, -0.15) is 0 Å². The number of hydrogen-bond acceptors (Lipinski definition) is 3. The Morgan fingerprint density at radius 1 is 1.59 bits per heavy atom. The molecular weight excluding hydrogens is 353 g/mol. The molecule has 1 aromatic carbocycles. The fraction of sp³-hybridized carbons (Fsp3) is 0.182. The average Bonchev–Trinajstić information content (AvgIpc) is 2.33. The van der Waals surface area contributed by atoms with Crippen LogP contribution in [0.5, 0.6) is 0 Å². The summed E-state index contributed by atoms with van der Waals surface area (Å²) in [5, 5.41) is 18.8. The normalized spacial score (nSPS) is 10.1. The van der Waals surface area contributed by atoms with Gasteiger partial charge in [-0.05, 0) is 34.2 Å². The summed E-state index contributed by atoms with van der Waals surface area (Å²) in [6, 6.07) is 3.28. The van der Waals surface area contributed by atoms with Gasteiger partial charge in [0.25, 0.3) is 0 Å². The molecule has 1 aromatic rings. The van der Waals surface area contributed by atoms with Crippen molar-refractivity contribution in [2.45, 2.75) is 6.42 Å². The van der Waals surface area contributed by atoms with Crippen molar-refractivity contribution in [1.29, 1.82) is 5.41 Å². The number of aliphatic hydroxyl groups is 1. The fourth-order valence-electron chi connectivity index (χ4n) is 1.20. The highest BCUT2D eigenvalue weighted by molar-refractivity contribution is 14.2. The molecule has 0 fully saturated rings. The largest absolute Gasteiger partial charge is 0.395 e. The number of aliphatic hydroxyl groups excluding tert-OH is 1. The van der Waals surface area contributed by atoms with Gasteiger partial charge >= 0.3 is 0 Å². The summed E-state index contributed by atoms with van der Waals surface area (Å²) in [5.41, 5.74) is 1.06. The van der Waals surface area contributed by atoms with Gasteiger partial charge in [-0.15, -0.1) is 0 Å². The van der Waals surface area contributed by atoms with E-state index in [9.17, 15) is 4.39 Å². The van der Waals surface area contributed by atoms with Crippen LogP contribution in [0.4, 0.5) is 10.1 Å². The van der Waals surface area contributed by atoms with Crippen molar-refractivity contribution in [1.82, 2.24) is 0 Å². The maximum atomic E-state index is 13.9. The third kappa shape index (κ3) is 3.91. The SMILES string of the molecule is N=Cc1c(NPI)ccc(C#CCCO)c1F. The molecule has 0 bridgehead atoms. The summed E-state index contributed by atoms with van der Waals surface area (Å²) in [5.74, 6) is 4.81. The minimum atomic E-state index is -0.495. The first kappa shape index (κ1) is 14.4. The van der Waals surface area contributed by atoms with Gasteiger partial charge in [-0.25, -0.2) is 4.39 Å². The number of rotatable bonds is 4. The van der Waals surface area contributed by atoms with Gasteiger partial charge < -0.3 is 15.6 Å². The Kier molecular flexibility index (Phi) is 6.41. The van der Waals surface area contributed by atoms with Crippen molar-refractivity contribution in [3.8, 4) is 11.8 Å². The Morgan fingerprint density at radius 2 is 2.35 bits per heavy atom. The molecule has 17 heavy (non-hydrogen) atoms. The molecular formula is C11H11FIN2OP. The molecule has 0 aromatic heterocycles. The predicted molar refractivity (Wildman–Crippen MR) is 78.8 cm³/mol. The molecule has 0 aliphatic carbocycles. The summed E-state index contributed by atoms with van der Waals surface area (Å²) >= 11 is 2.14. The Morgan fingerprint density at radius 3 is 2.94 bits per heavy atom. The third-order valence-electron chi connectivity index (χ3n) is 1.97. The van der Waals surface area contributed by atoms with Crippen molar-refractivity contribution in [3.63, 3.8) is 0 Å². The van der Waals surface area contributed by atoms with E-state index in [1.54, 1.807) is 12.1 Å². The zero-order valence-corrected chi connectivity index (χ0v) is 12.0. The third-order valence-corrected chi connectivity index (χ3v) is 3.14. The van der Waals surface area contributed by atoms with Crippen molar-refractivity contribution in [2.75, 3.05) is 11.7 Å². The van der Waals surface area contributed by atoms with E-state index in [2.05, 4.69) is 39.0 Å². The van der Waals surface area contributed by atoms with Crippen LogP contribution < -0.4 is 5.09 Å². The Hall–Kier alpha value is -0.700. The molecule has 3 nitrogen and oxygen atoms in total. The first-order valence-electron chi connectivity index (χ1n) is 4.79. The monoisotopic (exact) mass is 364 g/mol. The summed E-state index contributed by atoms with van der Waals surface area (Å²) in [6.45, 7) is -0.0400. The lowest BCUT2D eigenvalue weighted by molar-refractivity contribution is 0.305. The minimum Gasteiger partial charge on any atom is -0.395 e. The Balaban J connectivity index is 3.12. The van der Waals surface area contributed by atoms with Crippen LogP contribution in [0, 0.1) is 23.1 Å². The van der Waals surface area contributed by atoms with E-state index in [0.29, 0.717) is 18.5 Å². The summed E-state index contributed by atoms with van der Waals surface area (Å²) in [7, 11) is 0. The summed E-state index contributed by atoms with van der Waals surface area (Å²) < 4.78 is 13.9. The lowest BCUT2D eigenvalue weighted by Gasteiger charge is -2.08. The molecule has 0 spiro atoms. The lowest BCUT2D eigenvalue weighted by atomic mass is 10.1. The molecule has 1 atom stereocenters. The van der Waals surface area contributed by atoms with Gasteiger partial charge in [0.2, 0.25) is 0 Å². The van der Waals surface area contributed by atoms with E-state index in [4.69, 9.17) is 10.5 Å². The first-order chi connectivity index (χ1) is 8.24. The van der Waals surface area contributed by atoms with Gasteiger partial charge in [0.05, 0.1) is 17.7 Å². The van der Waals surface area contributed by atoms with Gasteiger partial charge in [-0.3, -0.25) is 0 Å². The van der Waals surface area contributed by atoms with Crippen LogP contribution >= 0.6 is 28.4 Å². The van der Waals surface area contributed by atoms with Crippen molar-refractivity contribution in [3.05, 3.63) is 29.1 Å². The molecule has 0 heterocycles. The molecule has 0 saturated heterocycles. The molecule has 0 amide bonds. The van der Waals surface area contributed by atoms with Crippen LogP contribution in [0.15, 0.2) is 12.1 Å². The quantitative estimate of drug-likeness (QED) is 0.333. The summed E-state index contributed by atoms with van der Waals surface area (Å²) in [6.07, 6.45) is 1.70. The van der Waals surface area contributed by atoms with Crippen molar-refractivity contribution in [2.24, 2.45) is 0 Å². The molecule has 0 radical (unpaired) electrons. The van der Waals surface area contributed by atoms with Gasteiger partial charge in [0, 0.05) is 24.7 Å². The van der Waals surface area contributed by atoms with Crippen molar-refractivity contribution < 1.29 is 9.50 Å². The zero-order valence-electron chi connectivity index (χ0n) is 8.85. The van der Waals surface area contributed by atoms with Gasteiger partial charge in [0.15, 0.2) is 0 Å².